The van der Waals surface area contributed by atoms with Crippen molar-refractivity contribution in [2.45, 2.75) is 45.3 Å². The van der Waals surface area contributed by atoms with E-state index in [2.05, 4.69) is 16.5 Å². The third-order valence-corrected chi connectivity index (χ3v) is 4.20. The molecule has 2 aliphatic carbocycles. The van der Waals surface area contributed by atoms with Crippen LogP contribution in [0, 0.1) is 17.8 Å². The zero-order valence-corrected chi connectivity index (χ0v) is 9.84. The molecule has 0 aromatic carbocycles. The van der Waals surface area contributed by atoms with Crippen molar-refractivity contribution in [1.29, 1.82) is 0 Å². The summed E-state index contributed by atoms with van der Waals surface area (Å²) < 4.78 is 2.11. The lowest BCUT2D eigenvalue weighted by Gasteiger charge is -2.20. The molecule has 1 N–H and O–H groups in total. The molecule has 88 valence electrons. The molecule has 3 atom stereocenters. The van der Waals surface area contributed by atoms with Gasteiger partial charge < -0.3 is 9.67 Å². The molecule has 0 saturated heterocycles. The summed E-state index contributed by atoms with van der Waals surface area (Å²) in [7, 11) is 0. The van der Waals surface area contributed by atoms with Crippen LogP contribution in [-0.4, -0.2) is 14.7 Å². The Kier molecular flexibility index (Phi) is 2.51. The van der Waals surface area contributed by atoms with Crippen LogP contribution in [0.1, 0.15) is 44.5 Å². The van der Waals surface area contributed by atoms with Gasteiger partial charge in [-0.15, -0.1) is 0 Å². The Morgan fingerprint density at radius 3 is 2.88 bits per heavy atom. The lowest BCUT2D eigenvalue weighted by molar-refractivity contribution is 0.0921. The molecule has 2 fully saturated rings. The van der Waals surface area contributed by atoms with Crippen molar-refractivity contribution in [3.63, 3.8) is 0 Å². The van der Waals surface area contributed by atoms with Gasteiger partial charge in [-0.1, -0.05) is 6.92 Å². The normalized spacial score (nSPS) is 33.8. The molecule has 0 radical (unpaired) electrons. The summed E-state index contributed by atoms with van der Waals surface area (Å²) in [5, 5.41) is 10.4. The Morgan fingerprint density at radius 2 is 2.19 bits per heavy atom. The number of hydrogen-bond acceptors (Lipinski definition) is 2. The first-order chi connectivity index (χ1) is 7.79. The number of aliphatic hydroxyl groups excluding tert-OH is 1. The van der Waals surface area contributed by atoms with Crippen molar-refractivity contribution in [2.24, 2.45) is 17.8 Å². The largest absolute Gasteiger partial charge is 0.385 e. The van der Waals surface area contributed by atoms with Gasteiger partial charge in [0.15, 0.2) is 0 Å². The third kappa shape index (κ3) is 1.67. The molecule has 1 heterocycles. The standard InChI is InChI=1S/C13H20N2O/c1-2-4-15-5-3-14-13(15)12(16)11-7-9-6-10(9)8-11/h3,5,9-12,16H,2,4,6-8H2,1H3. The smallest absolute Gasteiger partial charge is 0.137 e. The molecule has 3 heteroatoms. The Hall–Kier alpha value is -0.830. The Balaban J connectivity index is 1.72. The number of rotatable bonds is 4. The van der Waals surface area contributed by atoms with Gasteiger partial charge in [-0.2, -0.15) is 0 Å². The van der Waals surface area contributed by atoms with E-state index in [1.165, 1.54) is 19.3 Å². The van der Waals surface area contributed by atoms with Gasteiger partial charge in [-0.05, 0) is 43.4 Å². The highest BCUT2D eigenvalue weighted by molar-refractivity contribution is 5.04. The topological polar surface area (TPSA) is 38.0 Å². The minimum atomic E-state index is -0.339. The monoisotopic (exact) mass is 220 g/mol. The predicted octanol–water partition coefficient (Wildman–Crippen LogP) is 2.37. The predicted molar refractivity (Wildman–Crippen MR) is 61.8 cm³/mol. The maximum Gasteiger partial charge on any atom is 0.137 e. The average molecular weight is 220 g/mol. The van der Waals surface area contributed by atoms with Crippen molar-refractivity contribution in [3.05, 3.63) is 18.2 Å². The van der Waals surface area contributed by atoms with E-state index in [0.717, 1.165) is 30.6 Å². The lowest BCUT2D eigenvalue weighted by Crippen LogP contribution is -2.16. The minimum absolute atomic E-state index is 0.339. The van der Waals surface area contributed by atoms with Crippen LogP contribution in [0.25, 0.3) is 0 Å². The molecule has 0 spiro atoms. The van der Waals surface area contributed by atoms with Crippen molar-refractivity contribution in [1.82, 2.24) is 9.55 Å². The maximum atomic E-state index is 10.4. The van der Waals surface area contributed by atoms with Crippen molar-refractivity contribution >= 4 is 0 Å². The van der Waals surface area contributed by atoms with E-state index in [4.69, 9.17) is 0 Å². The second-order valence-corrected chi connectivity index (χ2v) is 5.41. The first kappa shape index (κ1) is 10.3. The zero-order valence-electron chi connectivity index (χ0n) is 9.84. The molecule has 3 rings (SSSR count). The van der Waals surface area contributed by atoms with E-state index in [9.17, 15) is 5.11 Å². The second kappa shape index (κ2) is 3.88. The molecule has 3 unspecified atom stereocenters. The number of aryl methyl sites for hydroxylation is 1. The lowest BCUT2D eigenvalue weighted by atomic mass is 9.96. The van der Waals surface area contributed by atoms with Gasteiger partial charge in [0.05, 0.1) is 0 Å². The van der Waals surface area contributed by atoms with Gasteiger partial charge in [-0.3, -0.25) is 0 Å². The molecule has 1 aromatic rings. The van der Waals surface area contributed by atoms with Gasteiger partial charge in [0.2, 0.25) is 0 Å². The summed E-state index contributed by atoms with van der Waals surface area (Å²) in [5.41, 5.74) is 0. The van der Waals surface area contributed by atoms with Crippen molar-refractivity contribution in [3.8, 4) is 0 Å². The average Bonchev–Trinajstić information content (AvgIpc) is 2.74. The van der Waals surface area contributed by atoms with Crippen LogP contribution >= 0.6 is 0 Å². The van der Waals surface area contributed by atoms with E-state index in [1.54, 1.807) is 0 Å². The van der Waals surface area contributed by atoms with E-state index in [1.807, 2.05) is 12.4 Å². The number of fused-ring (bicyclic) bond motifs is 1. The first-order valence-electron chi connectivity index (χ1n) is 6.48. The number of nitrogens with zero attached hydrogens (tertiary/aromatic N) is 2. The highest BCUT2D eigenvalue weighted by Crippen LogP contribution is 2.56. The molecule has 0 aliphatic heterocycles. The van der Waals surface area contributed by atoms with E-state index in [0.29, 0.717) is 5.92 Å². The third-order valence-electron chi connectivity index (χ3n) is 4.20. The molecular formula is C13H20N2O. The summed E-state index contributed by atoms with van der Waals surface area (Å²) in [6, 6.07) is 0. The SMILES string of the molecule is CCCn1ccnc1C(O)C1CC2CC2C1. The molecular weight excluding hydrogens is 200 g/mol. The molecule has 1 aromatic heterocycles. The minimum Gasteiger partial charge on any atom is -0.385 e. The molecule has 2 saturated carbocycles. The van der Waals surface area contributed by atoms with Crippen LogP contribution in [0.3, 0.4) is 0 Å². The Bertz CT molecular complexity index is 364. The quantitative estimate of drug-likeness (QED) is 0.846. The van der Waals surface area contributed by atoms with Gasteiger partial charge in [0, 0.05) is 18.9 Å². The van der Waals surface area contributed by atoms with Crippen LogP contribution in [0.15, 0.2) is 12.4 Å². The van der Waals surface area contributed by atoms with Crippen LogP contribution in [0.4, 0.5) is 0 Å². The second-order valence-electron chi connectivity index (χ2n) is 5.41. The highest BCUT2D eigenvalue weighted by atomic mass is 16.3. The summed E-state index contributed by atoms with van der Waals surface area (Å²) in [5.74, 6) is 3.19. The molecule has 2 aliphatic rings. The molecule has 0 bridgehead atoms. The summed E-state index contributed by atoms with van der Waals surface area (Å²) in [4.78, 5) is 4.33. The number of imidazole rings is 1. The van der Waals surface area contributed by atoms with Gasteiger partial charge in [0.25, 0.3) is 0 Å². The molecule has 3 nitrogen and oxygen atoms in total. The van der Waals surface area contributed by atoms with Crippen LogP contribution in [0.5, 0.6) is 0 Å². The molecule has 16 heavy (non-hydrogen) atoms. The van der Waals surface area contributed by atoms with Crippen molar-refractivity contribution in [2.75, 3.05) is 0 Å². The first-order valence-corrected chi connectivity index (χ1v) is 6.48. The van der Waals surface area contributed by atoms with Gasteiger partial charge >= 0.3 is 0 Å². The summed E-state index contributed by atoms with van der Waals surface area (Å²) in [6.45, 7) is 3.12. The van der Waals surface area contributed by atoms with Gasteiger partial charge in [-0.25, -0.2) is 4.98 Å². The number of hydrogen-bond donors (Lipinski definition) is 1. The maximum absolute atomic E-state index is 10.4. The van der Waals surface area contributed by atoms with Crippen LogP contribution in [-0.2, 0) is 6.54 Å². The van der Waals surface area contributed by atoms with Crippen LogP contribution < -0.4 is 0 Å². The fourth-order valence-electron chi connectivity index (χ4n) is 3.25. The zero-order chi connectivity index (χ0) is 11.1. The Labute approximate surface area is 96.5 Å². The highest BCUT2D eigenvalue weighted by Gasteiger charge is 2.48. The molecule has 0 amide bonds. The summed E-state index contributed by atoms with van der Waals surface area (Å²) >= 11 is 0. The summed E-state index contributed by atoms with van der Waals surface area (Å²) in [6.07, 6.45) is 8.38. The number of aromatic nitrogens is 2. The van der Waals surface area contributed by atoms with E-state index >= 15 is 0 Å². The van der Waals surface area contributed by atoms with E-state index in [-0.39, 0.29) is 6.10 Å². The number of aliphatic hydroxyl groups is 1. The van der Waals surface area contributed by atoms with Crippen molar-refractivity contribution < 1.29 is 5.11 Å². The fraction of sp³-hybridized carbons (Fsp3) is 0.769. The fourth-order valence-corrected chi connectivity index (χ4v) is 3.25. The van der Waals surface area contributed by atoms with E-state index < -0.39 is 0 Å². The van der Waals surface area contributed by atoms with Gasteiger partial charge in [0.1, 0.15) is 11.9 Å². The Morgan fingerprint density at radius 1 is 1.44 bits per heavy atom. The van der Waals surface area contributed by atoms with Crippen LogP contribution in [0.2, 0.25) is 0 Å².